The highest BCUT2D eigenvalue weighted by Crippen LogP contribution is 2.13. The number of nitrogens with one attached hydrogen (secondary N) is 1. The lowest BCUT2D eigenvalue weighted by Crippen LogP contribution is -2.51. The van der Waals surface area contributed by atoms with Gasteiger partial charge in [0.1, 0.15) is 0 Å². The highest BCUT2D eigenvalue weighted by Gasteiger charge is 2.24. The van der Waals surface area contributed by atoms with E-state index in [4.69, 9.17) is 4.74 Å². The third kappa shape index (κ3) is 5.03. The first-order valence-corrected chi connectivity index (χ1v) is 7.92. The maximum Gasteiger partial charge on any atom is 0.0829 e. The van der Waals surface area contributed by atoms with Crippen molar-refractivity contribution in [2.24, 2.45) is 0 Å². The van der Waals surface area contributed by atoms with E-state index >= 15 is 0 Å². The van der Waals surface area contributed by atoms with Crippen molar-refractivity contribution >= 4 is 0 Å². The molecule has 0 amide bonds. The van der Waals surface area contributed by atoms with Crippen molar-refractivity contribution in [1.29, 1.82) is 0 Å². The monoisotopic (exact) mass is 269 g/mol. The first-order chi connectivity index (χ1) is 9.15. The third-order valence-corrected chi connectivity index (χ3v) is 4.38. The van der Waals surface area contributed by atoms with Gasteiger partial charge in [0.2, 0.25) is 0 Å². The molecule has 0 aromatic heterocycles. The van der Waals surface area contributed by atoms with Crippen LogP contribution in [0.2, 0.25) is 0 Å². The lowest BCUT2D eigenvalue weighted by molar-refractivity contribution is -0.0410. The second-order valence-electron chi connectivity index (χ2n) is 6.45. The van der Waals surface area contributed by atoms with Gasteiger partial charge in [-0.1, -0.05) is 6.42 Å². The average molecular weight is 269 g/mol. The molecule has 2 rings (SSSR count). The summed E-state index contributed by atoms with van der Waals surface area (Å²) in [5, 5.41) is 3.66. The van der Waals surface area contributed by atoms with E-state index < -0.39 is 0 Å². The van der Waals surface area contributed by atoms with Crippen molar-refractivity contribution in [3.8, 4) is 0 Å². The number of hydrogen-bond donors (Lipinski definition) is 1. The third-order valence-electron chi connectivity index (χ3n) is 4.38. The molecule has 112 valence electrons. The van der Waals surface area contributed by atoms with E-state index in [2.05, 4.69) is 36.0 Å². The fourth-order valence-electron chi connectivity index (χ4n) is 3.10. The zero-order valence-electron chi connectivity index (χ0n) is 12.9. The maximum absolute atomic E-state index is 5.91. The molecular formula is C15H31N3O. The van der Waals surface area contributed by atoms with Crippen LogP contribution in [0.15, 0.2) is 0 Å². The second kappa shape index (κ2) is 7.58. The molecule has 0 aliphatic carbocycles. The highest BCUT2D eigenvalue weighted by molar-refractivity contribution is 4.81. The van der Waals surface area contributed by atoms with Crippen molar-refractivity contribution in [1.82, 2.24) is 15.1 Å². The van der Waals surface area contributed by atoms with Gasteiger partial charge in [-0.2, -0.15) is 0 Å². The number of likely N-dealkylation sites (N-methyl/N-ethyl adjacent to an activating group) is 1. The summed E-state index contributed by atoms with van der Waals surface area (Å²) in [7, 11) is 2.19. The Morgan fingerprint density at radius 3 is 2.79 bits per heavy atom. The Balaban J connectivity index is 1.81. The minimum absolute atomic E-state index is 0.379. The van der Waals surface area contributed by atoms with Crippen LogP contribution in [0.4, 0.5) is 0 Å². The molecule has 2 aliphatic heterocycles. The zero-order chi connectivity index (χ0) is 13.7. The van der Waals surface area contributed by atoms with E-state index in [1.165, 1.54) is 32.4 Å². The van der Waals surface area contributed by atoms with Gasteiger partial charge < -0.3 is 15.0 Å². The lowest BCUT2D eigenvalue weighted by atomic mass is 10.0. The van der Waals surface area contributed by atoms with Crippen molar-refractivity contribution < 1.29 is 4.74 Å². The highest BCUT2D eigenvalue weighted by atomic mass is 16.5. The van der Waals surface area contributed by atoms with Crippen LogP contribution < -0.4 is 5.32 Å². The van der Waals surface area contributed by atoms with Crippen molar-refractivity contribution in [3.63, 3.8) is 0 Å². The van der Waals surface area contributed by atoms with E-state index in [1.54, 1.807) is 0 Å². The molecule has 1 N–H and O–H groups in total. The Bertz CT molecular complexity index is 254. The van der Waals surface area contributed by atoms with Gasteiger partial charge in [-0.3, -0.25) is 4.90 Å². The van der Waals surface area contributed by atoms with Crippen LogP contribution in [0, 0.1) is 0 Å². The Morgan fingerprint density at radius 1 is 1.32 bits per heavy atom. The number of nitrogens with zero attached hydrogens (tertiary/aromatic N) is 2. The summed E-state index contributed by atoms with van der Waals surface area (Å²) in [6, 6.07) is 1.28. The predicted octanol–water partition coefficient (Wildman–Crippen LogP) is 1.17. The van der Waals surface area contributed by atoms with Crippen LogP contribution in [-0.2, 0) is 4.74 Å². The SMILES string of the molecule is CC(C)N(CC1CCCCN1)CC1CN(C)CCO1. The molecule has 0 radical (unpaired) electrons. The Morgan fingerprint density at radius 2 is 2.16 bits per heavy atom. The van der Waals surface area contributed by atoms with Crippen molar-refractivity contribution in [2.45, 2.75) is 51.3 Å². The molecular weight excluding hydrogens is 238 g/mol. The number of morpholine rings is 1. The normalized spacial score (nSPS) is 30.2. The number of ether oxygens (including phenoxy) is 1. The predicted molar refractivity (Wildman–Crippen MR) is 79.6 cm³/mol. The fourth-order valence-corrected chi connectivity index (χ4v) is 3.10. The summed E-state index contributed by atoms with van der Waals surface area (Å²) in [5.74, 6) is 0. The summed E-state index contributed by atoms with van der Waals surface area (Å²) < 4.78 is 5.91. The van der Waals surface area contributed by atoms with Crippen molar-refractivity contribution in [3.05, 3.63) is 0 Å². The summed E-state index contributed by atoms with van der Waals surface area (Å²) >= 11 is 0. The fraction of sp³-hybridized carbons (Fsp3) is 1.00. The van der Waals surface area contributed by atoms with Crippen LogP contribution in [0.3, 0.4) is 0 Å². The van der Waals surface area contributed by atoms with Crippen LogP contribution >= 0.6 is 0 Å². The Labute approximate surface area is 118 Å². The average Bonchev–Trinajstić information content (AvgIpc) is 2.39. The van der Waals surface area contributed by atoms with E-state index in [0.29, 0.717) is 18.2 Å². The molecule has 0 saturated carbocycles. The van der Waals surface area contributed by atoms with Gasteiger partial charge in [-0.15, -0.1) is 0 Å². The van der Waals surface area contributed by atoms with Crippen molar-refractivity contribution in [2.75, 3.05) is 46.4 Å². The largest absolute Gasteiger partial charge is 0.374 e. The van der Waals surface area contributed by atoms with Gasteiger partial charge in [0.15, 0.2) is 0 Å². The lowest BCUT2D eigenvalue weighted by Gasteiger charge is -2.38. The smallest absolute Gasteiger partial charge is 0.0829 e. The summed E-state index contributed by atoms with van der Waals surface area (Å²) in [6.07, 6.45) is 4.43. The maximum atomic E-state index is 5.91. The standard InChI is InChI=1S/C15H31N3O/c1-13(2)18(10-14-6-4-5-7-16-14)12-15-11-17(3)8-9-19-15/h13-16H,4-12H2,1-3H3. The minimum Gasteiger partial charge on any atom is -0.374 e. The van der Waals surface area contributed by atoms with E-state index in [9.17, 15) is 0 Å². The molecule has 0 aromatic carbocycles. The molecule has 4 nitrogen and oxygen atoms in total. The topological polar surface area (TPSA) is 27.7 Å². The van der Waals surface area contributed by atoms with Gasteiger partial charge >= 0.3 is 0 Å². The molecule has 4 heteroatoms. The van der Waals surface area contributed by atoms with Crippen LogP contribution in [-0.4, -0.2) is 74.4 Å². The minimum atomic E-state index is 0.379. The first-order valence-electron chi connectivity index (χ1n) is 7.92. The van der Waals surface area contributed by atoms with E-state index in [0.717, 1.165) is 26.2 Å². The summed E-state index contributed by atoms with van der Waals surface area (Å²) in [5.41, 5.74) is 0. The number of rotatable bonds is 5. The van der Waals surface area contributed by atoms with E-state index in [-0.39, 0.29) is 0 Å². The molecule has 2 atom stereocenters. The zero-order valence-corrected chi connectivity index (χ0v) is 12.9. The quantitative estimate of drug-likeness (QED) is 0.811. The Kier molecular flexibility index (Phi) is 6.07. The van der Waals surface area contributed by atoms with Gasteiger partial charge in [0.05, 0.1) is 12.7 Å². The molecule has 0 spiro atoms. The molecule has 2 aliphatic rings. The summed E-state index contributed by atoms with van der Waals surface area (Å²) in [6.45, 7) is 11.1. The van der Waals surface area contributed by atoms with Gasteiger partial charge in [0, 0.05) is 38.3 Å². The van der Waals surface area contributed by atoms with Gasteiger partial charge in [-0.05, 0) is 40.3 Å². The number of piperidine rings is 1. The molecule has 0 aromatic rings. The second-order valence-corrected chi connectivity index (χ2v) is 6.45. The van der Waals surface area contributed by atoms with Gasteiger partial charge in [-0.25, -0.2) is 0 Å². The molecule has 2 unspecified atom stereocenters. The molecule has 19 heavy (non-hydrogen) atoms. The molecule has 2 heterocycles. The molecule has 2 saturated heterocycles. The first kappa shape index (κ1) is 15.2. The van der Waals surface area contributed by atoms with Crippen LogP contribution in [0.5, 0.6) is 0 Å². The molecule has 2 fully saturated rings. The Hall–Kier alpha value is -0.160. The molecule has 0 bridgehead atoms. The van der Waals surface area contributed by atoms with Crippen LogP contribution in [0.25, 0.3) is 0 Å². The van der Waals surface area contributed by atoms with Gasteiger partial charge in [0.25, 0.3) is 0 Å². The van der Waals surface area contributed by atoms with E-state index in [1.807, 2.05) is 0 Å². The van der Waals surface area contributed by atoms with Crippen LogP contribution in [0.1, 0.15) is 33.1 Å². The number of hydrogen-bond acceptors (Lipinski definition) is 4. The summed E-state index contributed by atoms with van der Waals surface area (Å²) in [4.78, 5) is 4.97.